The normalized spacial score (nSPS) is 15.9. The Labute approximate surface area is 186 Å². The summed E-state index contributed by atoms with van der Waals surface area (Å²) in [6.45, 7) is 3.80. The van der Waals surface area contributed by atoms with Gasteiger partial charge in [-0.05, 0) is 61.6 Å². The van der Waals surface area contributed by atoms with E-state index >= 15 is 0 Å². The van der Waals surface area contributed by atoms with Gasteiger partial charge in [0.2, 0.25) is 5.89 Å². The van der Waals surface area contributed by atoms with Gasteiger partial charge in [-0.3, -0.25) is 9.89 Å². The second-order valence-electron chi connectivity index (χ2n) is 7.56. The lowest BCUT2D eigenvalue weighted by molar-refractivity contribution is 0.249. The number of halogens is 1. The molecular formula is C23H28FN5OS. The van der Waals surface area contributed by atoms with Crippen molar-refractivity contribution >= 4 is 17.3 Å². The van der Waals surface area contributed by atoms with E-state index in [9.17, 15) is 4.39 Å². The van der Waals surface area contributed by atoms with Gasteiger partial charge in [0.25, 0.3) is 0 Å². The Hall–Kier alpha value is -2.71. The standard InChI is InChI=1S/C23H28FN5OS/c1-25-23(27-15-20(21-5-4-14-31-21)29-12-2-3-13-29)26-11-10-19-16-30-22(28-19)17-6-8-18(24)9-7-17/h4-9,14,16,20H,2-3,10-13,15H2,1H3,(H2,25,26,27). The predicted molar refractivity (Wildman–Crippen MR) is 123 cm³/mol. The number of oxazole rings is 1. The third-order valence-corrected chi connectivity index (χ3v) is 6.43. The molecule has 1 atom stereocenters. The predicted octanol–water partition coefficient (Wildman–Crippen LogP) is 4.09. The number of likely N-dealkylation sites (tertiary alicyclic amines) is 1. The minimum absolute atomic E-state index is 0.273. The molecule has 2 N–H and O–H groups in total. The van der Waals surface area contributed by atoms with Gasteiger partial charge < -0.3 is 15.1 Å². The van der Waals surface area contributed by atoms with Crippen molar-refractivity contribution in [2.24, 2.45) is 4.99 Å². The second kappa shape index (κ2) is 10.5. The zero-order valence-electron chi connectivity index (χ0n) is 17.7. The molecular weight excluding hydrogens is 413 g/mol. The third kappa shape index (κ3) is 5.71. The Morgan fingerprint density at radius 2 is 2.03 bits per heavy atom. The lowest BCUT2D eigenvalue weighted by Crippen LogP contribution is -2.43. The van der Waals surface area contributed by atoms with Crippen LogP contribution in [0.2, 0.25) is 0 Å². The van der Waals surface area contributed by atoms with Crippen LogP contribution in [0.25, 0.3) is 11.5 Å². The molecule has 0 radical (unpaired) electrons. The summed E-state index contributed by atoms with van der Waals surface area (Å²) < 4.78 is 18.6. The highest BCUT2D eigenvalue weighted by Gasteiger charge is 2.24. The van der Waals surface area contributed by atoms with Crippen LogP contribution in [0.15, 0.2) is 57.5 Å². The zero-order chi connectivity index (χ0) is 21.5. The summed E-state index contributed by atoms with van der Waals surface area (Å²) in [7, 11) is 1.79. The topological polar surface area (TPSA) is 65.7 Å². The van der Waals surface area contributed by atoms with Crippen LogP contribution in [0.3, 0.4) is 0 Å². The molecule has 164 valence electrons. The first-order valence-corrected chi connectivity index (χ1v) is 11.5. The molecule has 1 fully saturated rings. The fourth-order valence-electron chi connectivity index (χ4n) is 3.81. The molecule has 8 heteroatoms. The number of hydrogen-bond acceptors (Lipinski definition) is 5. The fourth-order valence-corrected chi connectivity index (χ4v) is 4.67. The van der Waals surface area contributed by atoms with Crippen molar-refractivity contribution in [3.8, 4) is 11.5 Å². The molecule has 1 aliphatic heterocycles. The van der Waals surface area contributed by atoms with Gasteiger partial charge in [-0.25, -0.2) is 9.37 Å². The highest BCUT2D eigenvalue weighted by molar-refractivity contribution is 7.10. The van der Waals surface area contributed by atoms with Gasteiger partial charge in [-0.15, -0.1) is 11.3 Å². The summed E-state index contributed by atoms with van der Waals surface area (Å²) in [5.41, 5.74) is 1.61. The van der Waals surface area contributed by atoms with E-state index in [1.165, 1.54) is 29.9 Å². The van der Waals surface area contributed by atoms with E-state index in [1.54, 1.807) is 25.4 Å². The Morgan fingerprint density at radius 1 is 1.23 bits per heavy atom. The first kappa shape index (κ1) is 21.5. The smallest absolute Gasteiger partial charge is 0.226 e. The monoisotopic (exact) mass is 441 g/mol. The maximum atomic E-state index is 13.1. The fraction of sp³-hybridized carbons (Fsp3) is 0.391. The highest BCUT2D eigenvalue weighted by Crippen LogP contribution is 2.27. The Morgan fingerprint density at radius 3 is 2.74 bits per heavy atom. The van der Waals surface area contributed by atoms with Crippen molar-refractivity contribution in [3.05, 3.63) is 64.4 Å². The quantitative estimate of drug-likeness (QED) is 0.407. The summed E-state index contributed by atoms with van der Waals surface area (Å²) in [5, 5.41) is 8.98. The molecule has 4 rings (SSSR count). The third-order valence-electron chi connectivity index (χ3n) is 5.46. The van der Waals surface area contributed by atoms with Gasteiger partial charge in [0, 0.05) is 37.0 Å². The van der Waals surface area contributed by atoms with E-state index in [4.69, 9.17) is 4.42 Å². The molecule has 3 heterocycles. The van der Waals surface area contributed by atoms with Gasteiger partial charge >= 0.3 is 0 Å². The van der Waals surface area contributed by atoms with Crippen molar-refractivity contribution in [2.75, 3.05) is 33.2 Å². The van der Waals surface area contributed by atoms with E-state index in [0.29, 0.717) is 24.9 Å². The lowest BCUT2D eigenvalue weighted by Gasteiger charge is -2.27. The largest absolute Gasteiger partial charge is 0.444 e. The number of aliphatic imine (C=N–C) groups is 1. The summed E-state index contributed by atoms with van der Waals surface area (Å²) in [6.07, 6.45) is 4.89. The second-order valence-corrected chi connectivity index (χ2v) is 8.53. The van der Waals surface area contributed by atoms with E-state index in [0.717, 1.165) is 36.9 Å². The van der Waals surface area contributed by atoms with Gasteiger partial charge in [0.1, 0.15) is 12.1 Å². The summed E-state index contributed by atoms with van der Waals surface area (Å²) in [5.74, 6) is 1.01. The number of rotatable bonds is 8. The minimum atomic E-state index is -0.273. The van der Waals surface area contributed by atoms with Gasteiger partial charge in [0.15, 0.2) is 5.96 Å². The van der Waals surface area contributed by atoms with Crippen LogP contribution in [-0.4, -0.2) is 49.1 Å². The number of hydrogen-bond donors (Lipinski definition) is 2. The molecule has 0 bridgehead atoms. The number of nitrogens with one attached hydrogen (secondary N) is 2. The zero-order valence-corrected chi connectivity index (χ0v) is 18.5. The highest BCUT2D eigenvalue weighted by atomic mass is 32.1. The average Bonchev–Trinajstić information content (AvgIpc) is 3.56. The molecule has 3 aromatic rings. The summed E-state index contributed by atoms with van der Waals surface area (Å²) in [6, 6.07) is 10.8. The van der Waals surface area contributed by atoms with E-state index in [2.05, 4.69) is 43.0 Å². The molecule has 1 aromatic carbocycles. The molecule has 6 nitrogen and oxygen atoms in total. The average molecular weight is 442 g/mol. The van der Waals surface area contributed by atoms with Crippen LogP contribution in [0.4, 0.5) is 4.39 Å². The molecule has 31 heavy (non-hydrogen) atoms. The van der Waals surface area contributed by atoms with Crippen LogP contribution in [0.1, 0.15) is 29.5 Å². The summed E-state index contributed by atoms with van der Waals surface area (Å²) >= 11 is 1.81. The van der Waals surface area contributed by atoms with Gasteiger partial charge in [0.05, 0.1) is 11.7 Å². The van der Waals surface area contributed by atoms with Crippen LogP contribution < -0.4 is 10.6 Å². The molecule has 0 amide bonds. The van der Waals surface area contributed by atoms with Crippen molar-refractivity contribution in [2.45, 2.75) is 25.3 Å². The molecule has 0 saturated carbocycles. The van der Waals surface area contributed by atoms with Crippen molar-refractivity contribution in [1.82, 2.24) is 20.5 Å². The van der Waals surface area contributed by atoms with E-state index in [-0.39, 0.29) is 5.82 Å². The van der Waals surface area contributed by atoms with Crippen LogP contribution >= 0.6 is 11.3 Å². The van der Waals surface area contributed by atoms with Gasteiger partial charge in [-0.1, -0.05) is 6.07 Å². The van der Waals surface area contributed by atoms with Gasteiger partial charge in [-0.2, -0.15) is 0 Å². The minimum Gasteiger partial charge on any atom is -0.444 e. The van der Waals surface area contributed by atoms with E-state index < -0.39 is 0 Å². The maximum Gasteiger partial charge on any atom is 0.226 e. The first-order valence-electron chi connectivity index (χ1n) is 10.7. The lowest BCUT2D eigenvalue weighted by atomic mass is 10.2. The van der Waals surface area contributed by atoms with E-state index in [1.807, 2.05) is 11.3 Å². The number of nitrogens with zero attached hydrogens (tertiary/aromatic N) is 3. The maximum absolute atomic E-state index is 13.1. The molecule has 1 aliphatic rings. The van der Waals surface area contributed by atoms with Crippen molar-refractivity contribution in [3.63, 3.8) is 0 Å². The number of guanidine groups is 1. The Kier molecular flexibility index (Phi) is 7.32. The molecule has 1 saturated heterocycles. The summed E-state index contributed by atoms with van der Waals surface area (Å²) in [4.78, 5) is 12.8. The van der Waals surface area contributed by atoms with Crippen molar-refractivity contribution in [1.29, 1.82) is 0 Å². The molecule has 1 unspecified atom stereocenters. The van der Waals surface area contributed by atoms with Crippen LogP contribution in [0, 0.1) is 5.82 Å². The van der Waals surface area contributed by atoms with Crippen LogP contribution in [-0.2, 0) is 6.42 Å². The van der Waals surface area contributed by atoms with Crippen molar-refractivity contribution < 1.29 is 8.81 Å². The number of benzene rings is 1. The number of aromatic nitrogens is 1. The van der Waals surface area contributed by atoms with Crippen LogP contribution in [0.5, 0.6) is 0 Å². The SMILES string of the molecule is CN=C(NCCc1coc(-c2ccc(F)cc2)n1)NCC(c1cccs1)N1CCCC1. The molecule has 0 aliphatic carbocycles. The first-order chi connectivity index (χ1) is 15.2. The Bertz CT molecular complexity index is 964. The Balaban J connectivity index is 1.27. The molecule has 0 spiro atoms. The number of thiophene rings is 1. The molecule has 2 aromatic heterocycles.